The lowest BCUT2D eigenvalue weighted by molar-refractivity contribution is 0.207. The zero-order valence-electron chi connectivity index (χ0n) is 8.34. The number of hydrogen-bond acceptors (Lipinski definition) is 4. The Balaban J connectivity index is 2.11. The number of rotatable bonds is 2. The average Bonchev–Trinajstić information content (AvgIpc) is 2.39. The highest BCUT2D eigenvalue weighted by Gasteiger charge is 2.36. The van der Waals surface area contributed by atoms with Gasteiger partial charge in [-0.05, 0) is 18.2 Å². The van der Waals surface area contributed by atoms with Gasteiger partial charge in [-0.3, -0.25) is 0 Å². The summed E-state index contributed by atoms with van der Waals surface area (Å²) in [6.45, 7) is 0. The normalized spacial score (nSPS) is 28.1. The zero-order chi connectivity index (χ0) is 11.8. The van der Waals surface area contributed by atoms with Gasteiger partial charge in [0.2, 0.25) is 0 Å². The van der Waals surface area contributed by atoms with Gasteiger partial charge in [0.15, 0.2) is 9.84 Å². The fraction of sp³-hybridized carbons (Fsp3) is 0.400. The van der Waals surface area contributed by atoms with Gasteiger partial charge in [-0.1, -0.05) is 22.0 Å². The van der Waals surface area contributed by atoms with Crippen LogP contribution >= 0.6 is 27.7 Å². The monoisotopic (exact) mass is 322 g/mol. The van der Waals surface area contributed by atoms with Crippen LogP contribution in [0.3, 0.4) is 0 Å². The van der Waals surface area contributed by atoms with E-state index in [9.17, 15) is 13.5 Å². The largest absolute Gasteiger partial charge is 0.391 e. The molecule has 1 aliphatic rings. The number of hydrogen-bond donors (Lipinski definition) is 1. The van der Waals surface area contributed by atoms with E-state index in [0.717, 1.165) is 9.37 Å². The van der Waals surface area contributed by atoms with Crippen molar-refractivity contribution in [3.8, 4) is 0 Å². The molecule has 0 aromatic heterocycles. The third kappa shape index (κ3) is 3.00. The van der Waals surface area contributed by atoms with Crippen molar-refractivity contribution >= 4 is 37.5 Å². The molecular formula is C10H11BrO3S2. The quantitative estimate of drug-likeness (QED) is 0.900. The molecule has 0 saturated carbocycles. The summed E-state index contributed by atoms with van der Waals surface area (Å²) in [6, 6.07) is 7.63. The Morgan fingerprint density at radius 1 is 1.38 bits per heavy atom. The van der Waals surface area contributed by atoms with Gasteiger partial charge < -0.3 is 5.11 Å². The number of halogens is 1. The van der Waals surface area contributed by atoms with Gasteiger partial charge in [-0.25, -0.2) is 8.42 Å². The fourth-order valence-electron chi connectivity index (χ4n) is 1.62. The maximum atomic E-state index is 11.3. The average molecular weight is 323 g/mol. The van der Waals surface area contributed by atoms with E-state index in [1.807, 2.05) is 24.3 Å². The first-order valence-electron chi connectivity index (χ1n) is 4.77. The van der Waals surface area contributed by atoms with E-state index in [4.69, 9.17) is 0 Å². The summed E-state index contributed by atoms with van der Waals surface area (Å²) >= 11 is 4.77. The van der Waals surface area contributed by atoms with Crippen LogP contribution in [0.1, 0.15) is 0 Å². The third-order valence-corrected chi connectivity index (χ3v) is 6.09. The van der Waals surface area contributed by atoms with Crippen molar-refractivity contribution in [1.82, 2.24) is 0 Å². The van der Waals surface area contributed by atoms with Crippen molar-refractivity contribution in [1.29, 1.82) is 0 Å². The molecule has 0 amide bonds. The Morgan fingerprint density at radius 3 is 2.69 bits per heavy atom. The van der Waals surface area contributed by atoms with E-state index in [-0.39, 0.29) is 16.8 Å². The first-order chi connectivity index (χ1) is 7.46. The maximum Gasteiger partial charge on any atom is 0.154 e. The number of aliphatic hydroxyl groups excluding tert-OH is 1. The molecule has 1 aromatic carbocycles. The molecule has 1 aromatic rings. The lowest BCUT2D eigenvalue weighted by Crippen LogP contribution is -2.19. The molecule has 88 valence electrons. The summed E-state index contributed by atoms with van der Waals surface area (Å²) in [6.07, 6.45) is -0.756. The van der Waals surface area contributed by atoms with Gasteiger partial charge in [0.1, 0.15) is 0 Å². The topological polar surface area (TPSA) is 54.4 Å². The molecule has 16 heavy (non-hydrogen) atoms. The van der Waals surface area contributed by atoms with Crippen molar-refractivity contribution in [3.05, 3.63) is 28.7 Å². The van der Waals surface area contributed by atoms with E-state index in [2.05, 4.69) is 15.9 Å². The molecule has 2 rings (SSSR count). The Bertz CT molecular complexity index is 487. The first kappa shape index (κ1) is 12.4. The van der Waals surface area contributed by atoms with Gasteiger partial charge in [-0.2, -0.15) is 0 Å². The first-order valence-corrected chi connectivity index (χ1v) is 8.26. The molecular weight excluding hydrogens is 312 g/mol. The Labute approximate surface area is 107 Å². The van der Waals surface area contributed by atoms with Gasteiger partial charge >= 0.3 is 0 Å². The van der Waals surface area contributed by atoms with Crippen LogP contribution in [0.2, 0.25) is 0 Å². The smallest absolute Gasteiger partial charge is 0.154 e. The van der Waals surface area contributed by atoms with E-state index in [1.165, 1.54) is 11.8 Å². The van der Waals surface area contributed by atoms with Crippen LogP contribution in [-0.2, 0) is 9.84 Å². The van der Waals surface area contributed by atoms with E-state index in [1.54, 1.807) is 0 Å². The summed E-state index contributed by atoms with van der Waals surface area (Å²) in [5.41, 5.74) is 0. The molecule has 3 nitrogen and oxygen atoms in total. The second-order valence-corrected chi connectivity index (χ2v) is 8.14. The summed E-state index contributed by atoms with van der Waals surface area (Å²) in [7, 11) is -3.06. The molecule has 1 saturated heterocycles. The van der Waals surface area contributed by atoms with Crippen LogP contribution in [0.25, 0.3) is 0 Å². The van der Waals surface area contributed by atoms with Crippen molar-refractivity contribution < 1.29 is 13.5 Å². The summed E-state index contributed by atoms with van der Waals surface area (Å²) < 4.78 is 23.6. The lowest BCUT2D eigenvalue weighted by atomic mass is 10.3. The summed E-state index contributed by atoms with van der Waals surface area (Å²) in [4.78, 5) is 0.968. The Morgan fingerprint density at radius 2 is 2.12 bits per heavy atom. The number of thioether (sulfide) groups is 1. The van der Waals surface area contributed by atoms with E-state index in [0.29, 0.717) is 0 Å². The zero-order valence-corrected chi connectivity index (χ0v) is 11.6. The lowest BCUT2D eigenvalue weighted by Gasteiger charge is -2.11. The molecule has 0 bridgehead atoms. The fourth-order valence-corrected chi connectivity index (χ4v) is 5.76. The van der Waals surface area contributed by atoms with Crippen LogP contribution in [-0.4, -0.2) is 36.4 Å². The molecule has 2 atom stereocenters. The molecule has 0 aliphatic carbocycles. The molecule has 2 unspecified atom stereocenters. The minimum absolute atomic E-state index is 0.0609. The van der Waals surface area contributed by atoms with Gasteiger partial charge in [0.05, 0.1) is 22.9 Å². The van der Waals surface area contributed by atoms with Crippen LogP contribution in [0.15, 0.2) is 33.6 Å². The standard InChI is InChI=1S/C10H11BrO3S2/c11-7-2-1-3-8(4-7)15-10-6-16(13,14)5-9(10)12/h1-4,9-10,12H,5-6H2. The van der Waals surface area contributed by atoms with Gasteiger partial charge in [-0.15, -0.1) is 11.8 Å². The highest BCUT2D eigenvalue weighted by Crippen LogP contribution is 2.32. The number of benzene rings is 1. The number of aliphatic hydroxyl groups is 1. The second-order valence-electron chi connectivity index (χ2n) is 3.76. The van der Waals surface area contributed by atoms with Crippen LogP contribution in [0.4, 0.5) is 0 Å². The molecule has 0 radical (unpaired) electrons. The predicted molar refractivity (Wildman–Crippen MR) is 68.4 cm³/mol. The van der Waals surface area contributed by atoms with E-state index >= 15 is 0 Å². The predicted octanol–water partition coefficient (Wildman–Crippen LogP) is 1.70. The Kier molecular flexibility index (Phi) is 3.63. The van der Waals surface area contributed by atoms with Crippen molar-refractivity contribution in [2.45, 2.75) is 16.2 Å². The van der Waals surface area contributed by atoms with Crippen molar-refractivity contribution in [3.63, 3.8) is 0 Å². The summed E-state index contributed by atoms with van der Waals surface area (Å²) in [5, 5.41) is 9.39. The molecule has 0 spiro atoms. The summed E-state index contributed by atoms with van der Waals surface area (Å²) in [5.74, 6) is -0.0516. The van der Waals surface area contributed by atoms with Crippen LogP contribution in [0, 0.1) is 0 Å². The molecule has 6 heteroatoms. The van der Waals surface area contributed by atoms with E-state index < -0.39 is 15.9 Å². The maximum absolute atomic E-state index is 11.3. The molecule has 1 fully saturated rings. The van der Waals surface area contributed by atoms with Crippen molar-refractivity contribution in [2.75, 3.05) is 11.5 Å². The highest BCUT2D eigenvalue weighted by atomic mass is 79.9. The van der Waals surface area contributed by atoms with Gasteiger partial charge in [0, 0.05) is 9.37 Å². The molecule has 1 heterocycles. The molecule has 1 aliphatic heterocycles. The SMILES string of the molecule is O=S1(=O)CC(O)C(Sc2cccc(Br)c2)C1. The minimum Gasteiger partial charge on any atom is -0.391 e. The minimum atomic E-state index is -3.06. The Hall–Kier alpha value is -0.0400. The highest BCUT2D eigenvalue weighted by molar-refractivity contribution is 9.10. The van der Waals surface area contributed by atoms with Crippen LogP contribution in [0.5, 0.6) is 0 Å². The number of sulfone groups is 1. The van der Waals surface area contributed by atoms with Crippen molar-refractivity contribution in [2.24, 2.45) is 0 Å². The van der Waals surface area contributed by atoms with Crippen LogP contribution < -0.4 is 0 Å². The second kappa shape index (κ2) is 4.68. The molecule has 1 N–H and O–H groups in total. The van der Waals surface area contributed by atoms with Gasteiger partial charge in [0.25, 0.3) is 0 Å². The third-order valence-electron chi connectivity index (χ3n) is 2.36.